The smallest absolute Gasteiger partial charge is 0.0774 e. The minimum atomic E-state index is 0. The summed E-state index contributed by atoms with van der Waals surface area (Å²) in [7, 11) is 2.13. The SMILES string of the molecule is Cn1c2ccccc2c2cc(-n3c(-c4[c-]cccc4)nc4ccccc43)ccc21.[Ir]. The van der Waals surface area contributed by atoms with Gasteiger partial charge in [-0.05, 0) is 36.4 Å². The topological polar surface area (TPSA) is 22.8 Å². The van der Waals surface area contributed by atoms with Gasteiger partial charge in [0, 0.05) is 54.6 Å². The molecule has 0 aliphatic rings. The maximum Gasteiger partial charge on any atom is 0.0774 e. The van der Waals surface area contributed by atoms with E-state index < -0.39 is 0 Å². The van der Waals surface area contributed by atoms with E-state index in [9.17, 15) is 0 Å². The molecule has 0 N–H and O–H groups in total. The maximum absolute atomic E-state index is 4.93. The molecule has 2 heterocycles. The Morgan fingerprint density at radius 1 is 0.733 bits per heavy atom. The van der Waals surface area contributed by atoms with Crippen LogP contribution in [-0.4, -0.2) is 14.1 Å². The van der Waals surface area contributed by atoms with Gasteiger partial charge in [-0.3, -0.25) is 4.98 Å². The average Bonchev–Trinajstić information content (AvgIpc) is 3.31. The Bertz CT molecular complexity index is 1510. The van der Waals surface area contributed by atoms with Crippen molar-refractivity contribution in [3.63, 3.8) is 0 Å². The van der Waals surface area contributed by atoms with Crippen molar-refractivity contribution in [3.05, 3.63) is 97.1 Å². The molecule has 6 rings (SSSR count). The molecule has 147 valence electrons. The number of rotatable bonds is 2. The van der Waals surface area contributed by atoms with Crippen LogP contribution in [0.2, 0.25) is 0 Å². The Hall–Kier alpha value is -3.20. The van der Waals surface area contributed by atoms with Crippen LogP contribution < -0.4 is 0 Å². The summed E-state index contributed by atoms with van der Waals surface area (Å²) in [6, 6.07) is 34.9. The van der Waals surface area contributed by atoms with E-state index in [2.05, 4.69) is 89.0 Å². The summed E-state index contributed by atoms with van der Waals surface area (Å²) >= 11 is 0. The number of hydrogen-bond donors (Lipinski definition) is 0. The van der Waals surface area contributed by atoms with Gasteiger partial charge in [0.1, 0.15) is 0 Å². The second-order valence-corrected chi connectivity index (χ2v) is 7.31. The Morgan fingerprint density at radius 2 is 1.47 bits per heavy atom. The van der Waals surface area contributed by atoms with Gasteiger partial charge in [0.15, 0.2) is 0 Å². The van der Waals surface area contributed by atoms with Gasteiger partial charge in [0.2, 0.25) is 0 Å². The van der Waals surface area contributed by atoms with Crippen LogP contribution in [0.3, 0.4) is 0 Å². The van der Waals surface area contributed by atoms with Crippen molar-refractivity contribution in [2.24, 2.45) is 7.05 Å². The van der Waals surface area contributed by atoms with E-state index in [-0.39, 0.29) is 20.1 Å². The summed E-state index contributed by atoms with van der Waals surface area (Å²) in [5.41, 5.74) is 6.65. The van der Waals surface area contributed by atoms with Gasteiger partial charge < -0.3 is 9.13 Å². The van der Waals surface area contributed by atoms with Crippen LogP contribution in [0, 0.1) is 6.07 Å². The van der Waals surface area contributed by atoms with Gasteiger partial charge >= 0.3 is 0 Å². The molecule has 0 fully saturated rings. The molecule has 0 aliphatic heterocycles. The fourth-order valence-electron chi connectivity index (χ4n) is 4.30. The molecular weight excluding hydrogens is 547 g/mol. The summed E-state index contributed by atoms with van der Waals surface area (Å²) in [6.45, 7) is 0. The Kier molecular flexibility index (Phi) is 4.54. The van der Waals surface area contributed by atoms with Crippen molar-refractivity contribution in [1.82, 2.24) is 14.1 Å². The zero-order chi connectivity index (χ0) is 19.4. The van der Waals surface area contributed by atoms with Crippen LogP contribution in [0.25, 0.3) is 49.9 Å². The van der Waals surface area contributed by atoms with Crippen LogP contribution in [-0.2, 0) is 27.2 Å². The summed E-state index contributed by atoms with van der Waals surface area (Å²) < 4.78 is 4.49. The van der Waals surface area contributed by atoms with Crippen molar-refractivity contribution in [2.45, 2.75) is 0 Å². The Morgan fingerprint density at radius 3 is 2.30 bits per heavy atom. The minimum Gasteiger partial charge on any atom is -0.344 e. The summed E-state index contributed by atoms with van der Waals surface area (Å²) in [5, 5.41) is 2.52. The minimum absolute atomic E-state index is 0. The monoisotopic (exact) mass is 565 g/mol. The zero-order valence-corrected chi connectivity index (χ0v) is 18.7. The van der Waals surface area contributed by atoms with Gasteiger partial charge in [0.05, 0.1) is 16.9 Å². The molecule has 0 unspecified atom stereocenters. The van der Waals surface area contributed by atoms with Crippen molar-refractivity contribution >= 4 is 32.8 Å². The number of aromatic nitrogens is 3. The quantitative estimate of drug-likeness (QED) is 0.232. The van der Waals surface area contributed by atoms with Gasteiger partial charge in [-0.15, -0.1) is 35.9 Å². The molecule has 0 bridgehead atoms. The van der Waals surface area contributed by atoms with E-state index in [4.69, 9.17) is 4.98 Å². The first-order valence-electron chi connectivity index (χ1n) is 9.73. The zero-order valence-electron chi connectivity index (χ0n) is 16.3. The number of hydrogen-bond acceptors (Lipinski definition) is 1. The Labute approximate surface area is 187 Å². The van der Waals surface area contributed by atoms with Crippen LogP contribution >= 0.6 is 0 Å². The van der Waals surface area contributed by atoms with Crippen LogP contribution in [0.15, 0.2) is 91.0 Å². The van der Waals surface area contributed by atoms with Crippen molar-refractivity contribution in [3.8, 4) is 17.1 Å². The predicted octanol–water partition coefficient (Wildman–Crippen LogP) is 6.14. The van der Waals surface area contributed by atoms with Gasteiger partial charge in [-0.1, -0.05) is 30.3 Å². The molecule has 0 saturated heterocycles. The third-order valence-electron chi connectivity index (χ3n) is 5.67. The largest absolute Gasteiger partial charge is 0.344 e. The number of fused-ring (bicyclic) bond motifs is 4. The number of aryl methyl sites for hydroxylation is 1. The van der Waals surface area contributed by atoms with Crippen molar-refractivity contribution in [2.75, 3.05) is 0 Å². The van der Waals surface area contributed by atoms with E-state index in [1.165, 1.54) is 21.8 Å². The normalized spacial score (nSPS) is 11.2. The van der Waals surface area contributed by atoms with Crippen molar-refractivity contribution in [1.29, 1.82) is 0 Å². The van der Waals surface area contributed by atoms with Crippen molar-refractivity contribution < 1.29 is 20.1 Å². The third-order valence-corrected chi connectivity index (χ3v) is 5.67. The molecule has 0 aliphatic carbocycles. The molecule has 2 aromatic heterocycles. The second kappa shape index (κ2) is 7.24. The van der Waals surface area contributed by atoms with Crippen LogP contribution in [0.4, 0.5) is 0 Å². The average molecular weight is 565 g/mol. The van der Waals surface area contributed by atoms with E-state index >= 15 is 0 Å². The third kappa shape index (κ3) is 2.72. The van der Waals surface area contributed by atoms with Crippen LogP contribution in [0.5, 0.6) is 0 Å². The molecule has 0 amide bonds. The molecule has 0 atom stereocenters. The number of para-hydroxylation sites is 3. The molecule has 0 spiro atoms. The molecule has 4 heteroatoms. The first kappa shape index (κ1) is 18.8. The van der Waals surface area contributed by atoms with Crippen LogP contribution in [0.1, 0.15) is 0 Å². The van der Waals surface area contributed by atoms with Gasteiger partial charge in [0.25, 0.3) is 0 Å². The van der Waals surface area contributed by atoms with E-state index in [0.717, 1.165) is 28.1 Å². The molecule has 30 heavy (non-hydrogen) atoms. The standard InChI is InChI=1S/C26H18N3.Ir/c1-28-23-13-7-5-11-20(23)21-17-19(15-16-24(21)28)29-25-14-8-6-12-22(25)27-26(29)18-9-3-2-4-10-18;/h2-9,11-17H,1H3;/q-1;. The second-order valence-electron chi connectivity index (χ2n) is 7.31. The number of nitrogens with zero attached hydrogens (tertiary/aromatic N) is 3. The molecule has 4 aromatic carbocycles. The fraction of sp³-hybridized carbons (Fsp3) is 0.0385. The Balaban J connectivity index is 0.00000193. The molecule has 6 aromatic rings. The first-order chi connectivity index (χ1) is 14.3. The van der Waals surface area contributed by atoms with E-state index in [0.29, 0.717) is 0 Å². The number of benzene rings is 4. The molecular formula is C26H18IrN3-. The summed E-state index contributed by atoms with van der Waals surface area (Å²) in [6.07, 6.45) is 0. The predicted molar refractivity (Wildman–Crippen MR) is 119 cm³/mol. The maximum atomic E-state index is 4.93. The summed E-state index contributed by atoms with van der Waals surface area (Å²) in [5.74, 6) is 0.909. The molecule has 0 saturated carbocycles. The van der Waals surface area contributed by atoms with E-state index in [1.54, 1.807) is 0 Å². The van der Waals surface area contributed by atoms with Gasteiger partial charge in [-0.25, -0.2) is 0 Å². The van der Waals surface area contributed by atoms with E-state index in [1.807, 2.05) is 24.3 Å². The first-order valence-corrected chi connectivity index (χ1v) is 9.73. The molecule has 3 nitrogen and oxygen atoms in total. The fourth-order valence-corrected chi connectivity index (χ4v) is 4.30. The molecule has 1 radical (unpaired) electrons. The number of imidazole rings is 1. The summed E-state index contributed by atoms with van der Waals surface area (Å²) in [4.78, 5) is 4.93. The van der Waals surface area contributed by atoms with Gasteiger partial charge in [-0.2, -0.15) is 0 Å².